The zero-order chi connectivity index (χ0) is 15.2. The lowest BCUT2D eigenvalue weighted by Crippen LogP contribution is -2.32. The first-order valence-electron chi connectivity index (χ1n) is 6.54. The van der Waals surface area contributed by atoms with Gasteiger partial charge in [0, 0.05) is 37.2 Å². The molecule has 0 aliphatic carbocycles. The fourth-order valence-corrected chi connectivity index (χ4v) is 1.69. The molecule has 0 aromatic carbocycles. The summed E-state index contributed by atoms with van der Waals surface area (Å²) >= 11 is 0. The number of hydrogen-bond donors (Lipinski definition) is 2. The van der Waals surface area contributed by atoms with E-state index in [9.17, 15) is 4.79 Å². The van der Waals surface area contributed by atoms with Crippen LogP contribution in [0.4, 0.5) is 5.82 Å². The maximum Gasteiger partial charge on any atom is 0.256 e. The van der Waals surface area contributed by atoms with Crippen LogP contribution in [-0.2, 0) is 0 Å². The van der Waals surface area contributed by atoms with Crippen molar-refractivity contribution in [3.63, 3.8) is 0 Å². The number of amides is 1. The molecule has 0 aliphatic heterocycles. The Kier molecular flexibility index (Phi) is 4.78. The third-order valence-corrected chi connectivity index (χ3v) is 2.83. The molecular weight excluding hydrogens is 268 g/mol. The second-order valence-electron chi connectivity index (χ2n) is 4.79. The van der Waals surface area contributed by atoms with Gasteiger partial charge in [0.1, 0.15) is 5.82 Å². The van der Waals surface area contributed by atoms with E-state index in [0.717, 1.165) is 12.1 Å². The lowest BCUT2D eigenvalue weighted by atomic mass is 10.2. The fraction of sp³-hybridized carbons (Fsp3) is 0.286. The topological polar surface area (TPSA) is 97.0 Å². The van der Waals surface area contributed by atoms with Crippen molar-refractivity contribution in [2.75, 3.05) is 32.9 Å². The van der Waals surface area contributed by atoms with Crippen LogP contribution in [0, 0.1) is 0 Å². The second-order valence-corrected chi connectivity index (χ2v) is 4.79. The molecule has 1 amide bonds. The van der Waals surface area contributed by atoms with Gasteiger partial charge in [-0.3, -0.25) is 9.78 Å². The number of pyridine rings is 1. The minimum absolute atomic E-state index is 0.159. The molecule has 0 atom stereocenters. The van der Waals surface area contributed by atoms with E-state index in [4.69, 9.17) is 5.73 Å². The normalized spacial score (nSPS) is 10.6. The second kappa shape index (κ2) is 6.76. The zero-order valence-corrected chi connectivity index (χ0v) is 12.1. The number of nitrogens with one attached hydrogen (secondary N) is 1. The highest BCUT2D eigenvalue weighted by Crippen LogP contribution is 2.16. The molecule has 110 valence electrons. The maximum atomic E-state index is 12.0. The minimum Gasteiger partial charge on any atom is -0.383 e. The van der Waals surface area contributed by atoms with Gasteiger partial charge in [0.05, 0.1) is 5.56 Å². The molecule has 7 heteroatoms. The molecule has 3 N–H and O–H groups in total. The Labute approximate surface area is 123 Å². The van der Waals surface area contributed by atoms with Crippen LogP contribution >= 0.6 is 0 Å². The Morgan fingerprint density at radius 3 is 2.81 bits per heavy atom. The van der Waals surface area contributed by atoms with Gasteiger partial charge < -0.3 is 16.0 Å². The van der Waals surface area contributed by atoms with E-state index in [1.807, 2.05) is 25.1 Å². The summed E-state index contributed by atoms with van der Waals surface area (Å²) in [5.74, 6) is 0.337. The average molecular weight is 286 g/mol. The van der Waals surface area contributed by atoms with Crippen molar-refractivity contribution in [2.45, 2.75) is 0 Å². The number of aromatic nitrogens is 3. The average Bonchev–Trinajstić information content (AvgIpc) is 2.47. The highest BCUT2D eigenvalue weighted by Gasteiger charge is 2.13. The van der Waals surface area contributed by atoms with Gasteiger partial charge in [0.15, 0.2) is 5.82 Å². The maximum absolute atomic E-state index is 12.0. The van der Waals surface area contributed by atoms with Crippen LogP contribution in [0.3, 0.4) is 0 Å². The molecule has 0 saturated carbocycles. The van der Waals surface area contributed by atoms with E-state index in [0.29, 0.717) is 12.4 Å². The molecular formula is C14H18N6O. The largest absolute Gasteiger partial charge is 0.383 e. The van der Waals surface area contributed by atoms with Crippen LogP contribution < -0.4 is 11.1 Å². The Morgan fingerprint density at radius 1 is 1.38 bits per heavy atom. The molecule has 2 heterocycles. The number of hydrogen-bond acceptors (Lipinski definition) is 6. The molecule has 0 spiro atoms. The van der Waals surface area contributed by atoms with Crippen molar-refractivity contribution in [3.05, 3.63) is 36.3 Å². The summed E-state index contributed by atoms with van der Waals surface area (Å²) in [6.45, 7) is 1.29. The summed E-state index contributed by atoms with van der Waals surface area (Å²) in [7, 11) is 3.87. The fourth-order valence-electron chi connectivity index (χ4n) is 1.69. The highest BCUT2D eigenvalue weighted by molar-refractivity contribution is 5.98. The predicted molar refractivity (Wildman–Crippen MR) is 80.6 cm³/mol. The first-order valence-corrected chi connectivity index (χ1v) is 6.54. The molecule has 21 heavy (non-hydrogen) atoms. The molecule has 0 unspecified atom stereocenters. The molecule has 0 bridgehead atoms. The van der Waals surface area contributed by atoms with Crippen LogP contribution in [0.15, 0.2) is 30.7 Å². The lowest BCUT2D eigenvalue weighted by Gasteiger charge is -2.11. The van der Waals surface area contributed by atoms with Crippen molar-refractivity contribution in [1.29, 1.82) is 0 Å². The van der Waals surface area contributed by atoms with E-state index in [1.165, 1.54) is 6.20 Å². The van der Waals surface area contributed by atoms with Gasteiger partial charge >= 0.3 is 0 Å². The Balaban J connectivity index is 2.11. The lowest BCUT2D eigenvalue weighted by molar-refractivity contribution is 0.0951. The summed E-state index contributed by atoms with van der Waals surface area (Å²) in [5.41, 5.74) is 6.88. The third-order valence-electron chi connectivity index (χ3n) is 2.83. The van der Waals surface area contributed by atoms with Gasteiger partial charge in [-0.15, -0.1) is 0 Å². The van der Waals surface area contributed by atoms with E-state index in [-0.39, 0.29) is 17.3 Å². The van der Waals surface area contributed by atoms with E-state index < -0.39 is 0 Å². The Hall–Kier alpha value is -2.54. The van der Waals surface area contributed by atoms with E-state index in [1.54, 1.807) is 18.5 Å². The number of anilines is 1. The van der Waals surface area contributed by atoms with Crippen molar-refractivity contribution in [1.82, 2.24) is 25.2 Å². The first kappa shape index (κ1) is 14.9. The summed E-state index contributed by atoms with van der Waals surface area (Å²) in [5, 5.41) is 2.78. The molecule has 2 rings (SSSR count). The van der Waals surface area contributed by atoms with Crippen molar-refractivity contribution in [3.8, 4) is 11.4 Å². The molecule has 2 aromatic heterocycles. The van der Waals surface area contributed by atoms with Gasteiger partial charge in [0.2, 0.25) is 0 Å². The molecule has 7 nitrogen and oxygen atoms in total. The molecule has 0 saturated heterocycles. The molecule has 0 fully saturated rings. The minimum atomic E-state index is -0.271. The van der Waals surface area contributed by atoms with Gasteiger partial charge in [-0.1, -0.05) is 0 Å². The van der Waals surface area contributed by atoms with Crippen LogP contribution in [-0.4, -0.2) is 52.9 Å². The van der Waals surface area contributed by atoms with Gasteiger partial charge in [0.25, 0.3) is 5.91 Å². The third kappa shape index (κ3) is 3.96. The zero-order valence-electron chi connectivity index (χ0n) is 12.1. The molecule has 0 radical (unpaired) electrons. The summed E-state index contributed by atoms with van der Waals surface area (Å²) in [6.07, 6.45) is 4.75. The summed E-state index contributed by atoms with van der Waals surface area (Å²) < 4.78 is 0. The van der Waals surface area contributed by atoms with Crippen molar-refractivity contribution < 1.29 is 4.79 Å². The van der Waals surface area contributed by atoms with Crippen LogP contribution in [0.25, 0.3) is 11.4 Å². The number of nitrogens with two attached hydrogens (primary N) is 1. The number of rotatable bonds is 5. The van der Waals surface area contributed by atoms with Crippen LogP contribution in [0.1, 0.15) is 10.4 Å². The SMILES string of the molecule is CN(C)CCNC(=O)c1cnc(-c2cccnc2)nc1N. The predicted octanol–water partition coefficient (Wildman–Crippen LogP) is 0.412. The number of carbonyl (C=O) groups is 1. The standard InChI is InChI=1S/C14H18N6O/c1-20(2)7-6-17-14(21)11-9-18-13(19-12(11)15)10-4-3-5-16-8-10/h3-5,8-9H,6-7H2,1-2H3,(H,17,21)(H2,15,18,19). The molecule has 2 aromatic rings. The number of carbonyl (C=O) groups excluding carboxylic acids is 1. The Bertz CT molecular complexity index is 614. The van der Waals surface area contributed by atoms with Crippen LogP contribution in [0.2, 0.25) is 0 Å². The van der Waals surface area contributed by atoms with Gasteiger partial charge in [-0.2, -0.15) is 0 Å². The monoisotopic (exact) mass is 286 g/mol. The summed E-state index contributed by atoms with van der Waals surface area (Å²) in [4.78, 5) is 26.3. The van der Waals surface area contributed by atoms with Crippen molar-refractivity contribution in [2.24, 2.45) is 0 Å². The van der Waals surface area contributed by atoms with Gasteiger partial charge in [-0.05, 0) is 26.2 Å². The smallest absolute Gasteiger partial charge is 0.256 e. The van der Waals surface area contributed by atoms with E-state index in [2.05, 4.69) is 20.3 Å². The van der Waals surface area contributed by atoms with E-state index >= 15 is 0 Å². The first-order chi connectivity index (χ1) is 10.1. The Morgan fingerprint density at radius 2 is 2.19 bits per heavy atom. The number of likely N-dealkylation sites (N-methyl/N-ethyl adjacent to an activating group) is 1. The summed E-state index contributed by atoms with van der Waals surface area (Å²) in [6, 6.07) is 3.62. The molecule has 0 aliphatic rings. The van der Waals surface area contributed by atoms with Gasteiger partial charge in [-0.25, -0.2) is 9.97 Å². The van der Waals surface area contributed by atoms with Crippen molar-refractivity contribution >= 4 is 11.7 Å². The number of nitrogen functional groups attached to an aromatic ring is 1. The highest BCUT2D eigenvalue weighted by atomic mass is 16.1. The van der Waals surface area contributed by atoms with Crippen LogP contribution in [0.5, 0.6) is 0 Å². The number of nitrogens with zero attached hydrogens (tertiary/aromatic N) is 4. The quantitative estimate of drug-likeness (QED) is 0.826.